The minimum absolute atomic E-state index is 0.0110. The molecular weight excluding hydrogens is 325 g/mol. The fraction of sp³-hybridized carbons (Fsp3) is 0.500. The number of hydrogen-bond acceptors (Lipinski definition) is 3. The van der Waals surface area contributed by atoms with Gasteiger partial charge in [0.2, 0.25) is 0 Å². The predicted molar refractivity (Wildman–Crippen MR) is 104 cm³/mol. The van der Waals surface area contributed by atoms with E-state index in [9.17, 15) is 4.39 Å². The summed E-state index contributed by atoms with van der Waals surface area (Å²) in [5, 5.41) is 0. The Bertz CT molecular complexity index is 786. The van der Waals surface area contributed by atoms with E-state index in [0.717, 1.165) is 37.4 Å². The first-order valence-corrected chi connectivity index (χ1v) is 9.58. The number of aromatic nitrogens is 1. The number of nitrogens with zero attached hydrogens (tertiary/aromatic N) is 3. The highest BCUT2D eigenvalue weighted by atomic mass is 19.1. The van der Waals surface area contributed by atoms with Crippen LogP contribution in [0.2, 0.25) is 0 Å². The van der Waals surface area contributed by atoms with Crippen molar-refractivity contribution in [3.8, 4) is 0 Å². The second kappa shape index (κ2) is 6.34. The van der Waals surface area contributed by atoms with Crippen LogP contribution in [-0.4, -0.2) is 34.1 Å². The lowest BCUT2D eigenvalue weighted by molar-refractivity contribution is 0.139. The van der Waals surface area contributed by atoms with E-state index in [1.54, 1.807) is 6.07 Å². The maximum atomic E-state index is 13.8. The molecule has 0 N–H and O–H groups in total. The van der Waals surface area contributed by atoms with Crippen molar-refractivity contribution < 1.29 is 4.39 Å². The number of halogens is 1. The zero-order valence-electron chi connectivity index (χ0n) is 16.0. The molecule has 0 aliphatic carbocycles. The van der Waals surface area contributed by atoms with Crippen molar-refractivity contribution in [3.63, 3.8) is 0 Å². The molecule has 0 saturated carbocycles. The van der Waals surface area contributed by atoms with Crippen LogP contribution in [0.15, 0.2) is 42.6 Å². The quantitative estimate of drug-likeness (QED) is 0.807. The third-order valence-electron chi connectivity index (χ3n) is 6.13. The van der Waals surface area contributed by atoms with E-state index in [1.165, 1.54) is 24.5 Å². The average molecular weight is 353 g/mol. The fourth-order valence-electron chi connectivity index (χ4n) is 4.96. The molecule has 2 fully saturated rings. The zero-order chi connectivity index (χ0) is 18.4. The highest BCUT2D eigenvalue weighted by Crippen LogP contribution is 2.47. The lowest BCUT2D eigenvalue weighted by atomic mass is 9.87. The Morgan fingerprint density at radius 1 is 1.19 bits per heavy atom. The second-order valence-corrected chi connectivity index (χ2v) is 8.63. The van der Waals surface area contributed by atoms with Gasteiger partial charge in [0.05, 0.1) is 5.69 Å². The number of likely N-dealkylation sites (tertiary alicyclic amines) is 1. The molecule has 3 nitrogen and oxygen atoms in total. The molecule has 4 rings (SSSR count). The summed E-state index contributed by atoms with van der Waals surface area (Å²) < 4.78 is 13.8. The molecule has 2 aliphatic rings. The van der Waals surface area contributed by atoms with Gasteiger partial charge in [0.25, 0.3) is 0 Å². The van der Waals surface area contributed by atoms with E-state index in [4.69, 9.17) is 0 Å². The number of hydrogen-bond donors (Lipinski definition) is 0. The van der Waals surface area contributed by atoms with Crippen LogP contribution < -0.4 is 4.90 Å². The van der Waals surface area contributed by atoms with Gasteiger partial charge in [-0.15, -0.1) is 0 Å². The summed E-state index contributed by atoms with van der Waals surface area (Å²) in [5.41, 5.74) is 3.50. The van der Waals surface area contributed by atoms with Crippen molar-refractivity contribution in [2.75, 3.05) is 18.0 Å². The van der Waals surface area contributed by atoms with E-state index in [1.807, 2.05) is 18.3 Å². The minimum Gasteiger partial charge on any atom is -0.364 e. The molecule has 0 bridgehead atoms. The van der Waals surface area contributed by atoms with Crippen LogP contribution in [0.5, 0.6) is 0 Å². The van der Waals surface area contributed by atoms with Crippen LogP contribution in [0, 0.1) is 12.7 Å². The molecule has 3 heterocycles. The molecular formula is C22H28FN3. The van der Waals surface area contributed by atoms with Gasteiger partial charge in [0.15, 0.2) is 0 Å². The van der Waals surface area contributed by atoms with Crippen molar-refractivity contribution >= 4 is 5.69 Å². The second-order valence-electron chi connectivity index (χ2n) is 8.63. The summed E-state index contributed by atoms with van der Waals surface area (Å²) in [6.07, 6.45) is 5.48. The Balaban J connectivity index is 1.60. The first-order valence-electron chi connectivity index (χ1n) is 9.58. The molecule has 26 heavy (non-hydrogen) atoms. The third kappa shape index (κ3) is 3.11. The smallest absolute Gasteiger partial charge is 0.125 e. The molecule has 1 spiro atoms. The van der Waals surface area contributed by atoms with Crippen molar-refractivity contribution in [2.24, 2.45) is 0 Å². The number of benzene rings is 1. The normalized spacial score (nSPS) is 25.3. The molecule has 0 radical (unpaired) electrons. The van der Waals surface area contributed by atoms with E-state index >= 15 is 0 Å². The van der Waals surface area contributed by atoms with Crippen molar-refractivity contribution in [1.82, 2.24) is 9.88 Å². The third-order valence-corrected chi connectivity index (χ3v) is 6.13. The van der Waals surface area contributed by atoms with Gasteiger partial charge in [0, 0.05) is 36.1 Å². The molecule has 4 heteroatoms. The first kappa shape index (κ1) is 17.5. The summed E-state index contributed by atoms with van der Waals surface area (Å²) in [7, 11) is 0. The van der Waals surface area contributed by atoms with Crippen LogP contribution in [-0.2, 0) is 6.54 Å². The van der Waals surface area contributed by atoms with E-state index < -0.39 is 0 Å². The molecule has 0 amide bonds. The lowest BCUT2D eigenvalue weighted by Gasteiger charge is -2.35. The highest BCUT2D eigenvalue weighted by molar-refractivity contribution is 5.52. The maximum Gasteiger partial charge on any atom is 0.125 e. The molecule has 2 aliphatic heterocycles. The van der Waals surface area contributed by atoms with Crippen LogP contribution in [0.25, 0.3) is 0 Å². The van der Waals surface area contributed by atoms with Crippen molar-refractivity contribution in [1.29, 1.82) is 0 Å². The summed E-state index contributed by atoms with van der Waals surface area (Å²) in [6, 6.07) is 11.3. The van der Waals surface area contributed by atoms with Gasteiger partial charge in [-0.3, -0.25) is 9.88 Å². The summed E-state index contributed by atoms with van der Waals surface area (Å²) >= 11 is 0. The fourth-order valence-corrected chi connectivity index (χ4v) is 4.96. The standard InChI is InChI=1S/C22H28FN3/c1-17-8-9-19(24-13-17)14-25-11-5-10-22(25)15-21(2,3)26(16-22)20-7-4-6-18(23)12-20/h4,6-9,12-13H,5,10-11,14-16H2,1-3H3. The summed E-state index contributed by atoms with van der Waals surface area (Å²) in [5.74, 6) is -0.161. The monoisotopic (exact) mass is 353 g/mol. The molecule has 138 valence electrons. The Morgan fingerprint density at radius 2 is 2.04 bits per heavy atom. The first-order chi connectivity index (χ1) is 12.4. The Labute approximate surface area is 155 Å². The highest BCUT2D eigenvalue weighted by Gasteiger charge is 2.53. The van der Waals surface area contributed by atoms with Crippen LogP contribution >= 0.6 is 0 Å². The van der Waals surface area contributed by atoms with Crippen molar-refractivity contribution in [3.05, 3.63) is 59.7 Å². The van der Waals surface area contributed by atoms with E-state index in [2.05, 4.69) is 47.7 Å². The number of pyridine rings is 1. The van der Waals surface area contributed by atoms with Gasteiger partial charge in [0.1, 0.15) is 5.82 Å². The van der Waals surface area contributed by atoms with Crippen LogP contribution in [0.1, 0.15) is 44.4 Å². The molecule has 1 atom stereocenters. The van der Waals surface area contributed by atoms with Gasteiger partial charge < -0.3 is 4.90 Å². The largest absolute Gasteiger partial charge is 0.364 e. The van der Waals surface area contributed by atoms with E-state index in [-0.39, 0.29) is 16.9 Å². The van der Waals surface area contributed by atoms with E-state index in [0.29, 0.717) is 0 Å². The number of rotatable bonds is 3. The average Bonchev–Trinajstić information content (AvgIpc) is 3.09. The SMILES string of the molecule is Cc1ccc(CN2CCCC23CN(c2cccc(F)c2)C(C)(C)C3)nc1. The summed E-state index contributed by atoms with van der Waals surface area (Å²) in [4.78, 5) is 9.63. The van der Waals surface area contributed by atoms with Gasteiger partial charge >= 0.3 is 0 Å². The number of aryl methyl sites for hydroxylation is 1. The molecule has 1 aromatic heterocycles. The van der Waals surface area contributed by atoms with Crippen LogP contribution in [0.4, 0.5) is 10.1 Å². The zero-order valence-corrected chi connectivity index (χ0v) is 16.0. The van der Waals surface area contributed by atoms with Gasteiger partial charge in [-0.25, -0.2) is 4.39 Å². The minimum atomic E-state index is -0.161. The Hall–Kier alpha value is -1.94. The Kier molecular flexibility index (Phi) is 4.26. The van der Waals surface area contributed by atoms with Crippen molar-refractivity contribution in [2.45, 2.75) is 57.7 Å². The lowest BCUT2D eigenvalue weighted by Crippen LogP contribution is -2.45. The number of anilines is 1. The maximum absolute atomic E-state index is 13.8. The van der Waals surface area contributed by atoms with Gasteiger partial charge in [-0.05, 0) is 76.4 Å². The summed E-state index contributed by atoms with van der Waals surface area (Å²) in [6.45, 7) is 9.61. The topological polar surface area (TPSA) is 19.4 Å². The Morgan fingerprint density at radius 3 is 2.77 bits per heavy atom. The predicted octanol–water partition coefficient (Wildman–Crippen LogP) is 4.55. The van der Waals surface area contributed by atoms with Crippen LogP contribution in [0.3, 0.4) is 0 Å². The molecule has 2 aromatic rings. The molecule has 2 saturated heterocycles. The van der Waals surface area contributed by atoms with Gasteiger partial charge in [-0.2, -0.15) is 0 Å². The molecule has 1 aromatic carbocycles. The van der Waals surface area contributed by atoms with Gasteiger partial charge in [-0.1, -0.05) is 12.1 Å². The molecule has 1 unspecified atom stereocenters.